The van der Waals surface area contributed by atoms with Crippen LogP contribution < -0.4 is 5.32 Å². The maximum absolute atomic E-state index is 5.63. The molecule has 0 fully saturated rings. The van der Waals surface area contributed by atoms with Gasteiger partial charge in [-0.3, -0.25) is 0 Å². The van der Waals surface area contributed by atoms with Crippen LogP contribution in [0.15, 0.2) is 0 Å². The van der Waals surface area contributed by atoms with Crippen molar-refractivity contribution in [3.05, 3.63) is 0 Å². The van der Waals surface area contributed by atoms with E-state index in [1.165, 1.54) is 25.7 Å². The Hall–Kier alpha value is -0.0800. The van der Waals surface area contributed by atoms with Crippen molar-refractivity contribution in [2.75, 3.05) is 19.7 Å². The Kier molecular flexibility index (Phi) is 9.12. The Morgan fingerprint density at radius 2 is 1.73 bits per heavy atom. The van der Waals surface area contributed by atoms with Crippen molar-refractivity contribution < 1.29 is 4.74 Å². The minimum Gasteiger partial charge on any atom is -0.376 e. The lowest BCUT2D eigenvalue weighted by molar-refractivity contribution is -0.0156. The number of rotatable bonds is 10. The predicted molar refractivity (Wildman–Crippen MR) is 67.3 cm³/mol. The lowest BCUT2D eigenvalue weighted by Crippen LogP contribution is -2.30. The molecular formula is C13H29NO. The zero-order valence-corrected chi connectivity index (χ0v) is 11.1. The van der Waals surface area contributed by atoms with Crippen molar-refractivity contribution in [1.29, 1.82) is 0 Å². The standard InChI is InChI=1S/C13H29NO/c1-5-7-8-9-11-14-12-10-13(3,4)15-6-2/h14H,5-12H2,1-4H3. The Morgan fingerprint density at radius 1 is 1.00 bits per heavy atom. The predicted octanol–water partition coefficient (Wildman–Crippen LogP) is 3.36. The molecule has 0 rings (SSSR count). The molecule has 0 aromatic heterocycles. The van der Waals surface area contributed by atoms with E-state index in [-0.39, 0.29) is 5.60 Å². The summed E-state index contributed by atoms with van der Waals surface area (Å²) in [7, 11) is 0. The molecule has 0 spiro atoms. The Balaban J connectivity index is 3.22. The molecule has 0 saturated carbocycles. The molecule has 0 aliphatic carbocycles. The van der Waals surface area contributed by atoms with E-state index in [0.29, 0.717) is 0 Å². The highest BCUT2D eigenvalue weighted by molar-refractivity contribution is 4.69. The highest BCUT2D eigenvalue weighted by Gasteiger charge is 2.16. The average Bonchev–Trinajstić information content (AvgIpc) is 2.16. The summed E-state index contributed by atoms with van der Waals surface area (Å²) in [5.41, 5.74) is 0.0329. The molecule has 0 aliphatic rings. The van der Waals surface area contributed by atoms with Gasteiger partial charge in [-0.15, -0.1) is 0 Å². The van der Waals surface area contributed by atoms with Gasteiger partial charge in [-0.05, 0) is 46.7 Å². The topological polar surface area (TPSA) is 21.3 Å². The molecule has 0 atom stereocenters. The molecule has 0 heterocycles. The van der Waals surface area contributed by atoms with Crippen molar-refractivity contribution in [2.24, 2.45) is 0 Å². The molecule has 2 heteroatoms. The first-order chi connectivity index (χ1) is 7.12. The summed E-state index contributed by atoms with van der Waals surface area (Å²) in [6, 6.07) is 0. The second-order valence-corrected chi connectivity index (χ2v) is 4.75. The van der Waals surface area contributed by atoms with Crippen molar-refractivity contribution in [3.63, 3.8) is 0 Å². The molecule has 0 unspecified atom stereocenters. The lowest BCUT2D eigenvalue weighted by atomic mass is 10.1. The van der Waals surface area contributed by atoms with Gasteiger partial charge in [0.1, 0.15) is 0 Å². The minimum atomic E-state index is 0.0329. The first kappa shape index (κ1) is 14.9. The van der Waals surface area contributed by atoms with Crippen LogP contribution in [0, 0.1) is 0 Å². The lowest BCUT2D eigenvalue weighted by Gasteiger charge is -2.24. The van der Waals surface area contributed by atoms with E-state index >= 15 is 0 Å². The average molecular weight is 215 g/mol. The summed E-state index contributed by atoms with van der Waals surface area (Å²) < 4.78 is 5.63. The van der Waals surface area contributed by atoms with Crippen LogP contribution in [0.2, 0.25) is 0 Å². The zero-order valence-electron chi connectivity index (χ0n) is 11.1. The number of nitrogens with one attached hydrogen (secondary N) is 1. The first-order valence-electron chi connectivity index (χ1n) is 6.47. The van der Waals surface area contributed by atoms with E-state index in [0.717, 1.165) is 26.1 Å². The Bertz CT molecular complexity index is 134. The molecule has 0 aliphatic heterocycles. The fourth-order valence-electron chi connectivity index (χ4n) is 1.65. The third-order valence-corrected chi connectivity index (χ3v) is 2.65. The molecular weight excluding hydrogens is 186 g/mol. The van der Waals surface area contributed by atoms with E-state index in [2.05, 4.69) is 33.0 Å². The molecule has 0 bridgehead atoms. The highest BCUT2D eigenvalue weighted by atomic mass is 16.5. The highest BCUT2D eigenvalue weighted by Crippen LogP contribution is 2.12. The maximum atomic E-state index is 5.63. The molecule has 0 amide bonds. The second kappa shape index (κ2) is 9.17. The summed E-state index contributed by atoms with van der Waals surface area (Å²) in [6.07, 6.45) is 6.44. The van der Waals surface area contributed by atoms with Crippen molar-refractivity contribution >= 4 is 0 Å². The van der Waals surface area contributed by atoms with Crippen LogP contribution in [0.25, 0.3) is 0 Å². The van der Waals surface area contributed by atoms with Crippen LogP contribution >= 0.6 is 0 Å². The molecule has 0 radical (unpaired) electrons. The number of unbranched alkanes of at least 4 members (excludes halogenated alkanes) is 3. The summed E-state index contributed by atoms with van der Waals surface area (Å²) >= 11 is 0. The molecule has 0 saturated heterocycles. The molecule has 0 aromatic carbocycles. The van der Waals surface area contributed by atoms with E-state index < -0.39 is 0 Å². The third-order valence-electron chi connectivity index (χ3n) is 2.65. The van der Waals surface area contributed by atoms with Crippen LogP contribution in [0.3, 0.4) is 0 Å². The summed E-state index contributed by atoms with van der Waals surface area (Å²) in [5.74, 6) is 0. The smallest absolute Gasteiger partial charge is 0.0638 e. The van der Waals surface area contributed by atoms with Crippen LogP contribution in [0.1, 0.15) is 59.8 Å². The molecule has 0 aromatic rings. The first-order valence-corrected chi connectivity index (χ1v) is 6.47. The Labute approximate surface area is 95.8 Å². The summed E-state index contributed by atoms with van der Waals surface area (Å²) in [5, 5.41) is 3.48. The minimum absolute atomic E-state index is 0.0329. The van der Waals surface area contributed by atoms with Crippen LogP contribution in [-0.4, -0.2) is 25.3 Å². The van der Waals surface area contributed by atoms with Gasteiger partial charge in [0.2, 0.25) is 0 Å². The third kappa shape index (κ3) is 10.2. The van der Waals surface area contributed by atoms with Gasteiger partial charge >= 0.3 is 0 Å². The van der Waals surface area contributed by atoms with E-state index in [4.69, 9.17) is 4.74 Å². The number of hydrogen-bond donors (Lipinski definition) is 1. The maximum Gasteiger partial charge on any atom is 0.0638 e. The molecule has 1 N–H and O–H groups in total. The van der Waals surface area contributed by atoms with E-state index in [9.17, 15) is 0 Å². The van der Waals surface area contributed by atoms with Gasteiger partial charge in [0.25, 0.3) is 0 Å². The monoisotopic (exact) mass is 215 g/mol. The normalized spacial score (nSPS) is 12.0. The molecule has 2 nitrogen and oxygen atoms in total. The van der Waals surface area contributed by atoms with Crippen LogP contribution in [0.5, 0.6) is 0 Å². The van der Waals surface area contributed by atoms with Crippen molar-refractivity contribution in [3.8, 4) is 0 Å². The fraction of sp³-hybridized carbons (Fsp3) is 1.00. The van der Waals surface area contributed by atoms with Gasteiger partial charge < -0.3 is 10.1 Å². The SMILES string of the molecule is CCCCCCNCCC(C)(C)OCC. The summed E-state index contributed by atoms with van der Waals surface area (Å²) in [6.45, 7) is 11.7. The van der Waals surface area contributed by atoms with Crippen molar-refractivity contribution in [2.45, 2.75) is 65.4 Å². The van der Waals surface area contributed by atoms with Gasteiger partial charge in [0.15, 0.2) is 0 Å². The van der Waals surface area contributed by atoms with Crippen LogP contribution in [0.4, 0.5) is 0 Å². The summed E-state index contributed by atoms with van der Waals surface area (Å²) in [4.78, 5) is 0. The van der Waals surface area contributed by atoms with E-state index in [1.54, 1.807) is 0 Å². The van der Waals surface area contributed by atoms with Gasteiger partial charge in [0, 0.05) is 6.61 Å². The Morgan fingerprint density at radius 3 is 2.33 bits per heavy atom. The molecule has 92 valence electrons. The van der Waals surface area contributed by atoms with Gasteiger partial charge in [-0.25, -0.2) is 0 Å². The molecule has 15 heavy (non-hydrogen) atoms. The van der Waals surface area contributed by atoms with Crippen molar-refractivity contribution in [1.82, 2.24) is 5.32 Å². The van der Waals surface area contributed by atoms with Gasteiger partial charge in [-0.1, -0.05) is 26.2 Å². The van der Waals surface area contributed by atoms with Crippen LogP contribution in [-0.2, 0) is 4.74 Å². The second-order valence-electron chi connectivity index (χ2n) is 4.75. The van der Waals surface area contributed by atoms with Gasteiger partial charge in [-0.2, -0.15) is 0 Å². The van der Waals surface area contributed by atoms with Gasteiger partial charge in [0.05, 0.1) is 5.60 Å². The fourth-order valence-corrected chi connectivity index (χ4v) is 1.65. The quantitative estimate of drug-likeness (QED) is 0.564. The van der Waals surface area contributed by atoms with E-state index in [1.807, 2.05) is 0 Å². The largest absolute Gasteiger partial charge is 0.376 e. The zero-order chi connectivity index (χ0) is 11.6. The number of hydrogen-bond acceptors (Lipinski definition) is 2. The number of ether oxygens (including phenoxy) is 1.